The number of piperidine rings is 1. The Balaban J connectivity index is 0.900. The maximum absolute atomic E-state index is 13.7. The van der Waals surface area contributed by atoms with Gasteiger partial charge in [0.25, 0.3) is 5.91 Å². The van der Waals surface area contributed by atoms with Crippen molar-refractivity contribution in [1.82, 2.24) is 25.8 Å². The van der Waals surface area contributed by atoms with Gasteiger partial charge in [0.2, 0.25) is 5.56 Å². The van der Waals surface area contributed by atoms with Gasteiger partial charge in [-0.25, -0.2) is 9.59 Å². The molecule has 2 aliphatic rings. The first-order valence-corrected chi connectivity index (χ1v) is 27.1. The summed E-state index contributed by atoms with van der Waals surface area (Å²) in [5.41, 5.74) is 3.44. The van der Waals surface area contributed by atoms with E-state index in [2.05, 4.69) is 54.8 Å². The predicted octanol–water partition coefficient (Wildman–Crippen LogP) is 8.98. The maximum Gasteiger partial charge on any atom is 0.410 e. The zero-order valence-electron chi connectivity index (χ0n) is 41.6. The van der Waals surface area contributed by atoms with Crippen molar-refractivity contribution in [1.29, 1.82) is 0 Å². The van der Waals surface area contributed by atoms with Crippen LogP contribution in [0.1, 0.15) is 92.7 Å². The molecule has 15 nitrogen and oxygen atoms in total. The van der Waals surface area contributed by atoms with Gasteiger partial charge in [0.1, 0.15) is 29.8 Å². The van der Waals surface area contributed by atoms with Gasteiger partial charge in [0.15, 0.2) is 8.32 Å². The number of benzene rings is 4. The molecule has 2 bridgehead atoms. The molecule has 2 fully saturated rings. The predicted molar refractivity (Wildman–Crippen MR) is 272 cm³/mol. The van der Waals surface area contributed by atoms with Crippen molar-refractivity contribution in [2.75, 3.05) is 45.9 Å². The summed E-state index contributed by atoms with van der Waals surface area (Å²) in [5.74, 6) is 0.0584. The highest BCUT2D eigenvalue weighted by molar-refractivity contribution is 6.74. The van der Waals surface area contributed by atoms with Crippen LogP contribution in [0.3, 0.4) is 0 Å². The van der Waals surface area contributed by atoms with E-state index >= 15 is 0 Å². The number of carbonyl (C=O) groups excluding carboxylic acids is 3. The van der Waals surface area contributed by atoms with Crippen LogP contribution in [-0.4, -0.2) is 99.0 Å². The number of nitrogens with zero attached hydrogens (tertiary/aromatic N) is 1. The lowest BCUT2D eigenvalue weighted by Crippen LogP contribution is -2.59. The molecular weight excluding hydrogens is 907 g/mol. The van der Waals surface area contributed by atoms with Gasteiger partial charge in [-0.05, 0) is 111 Å². The Kier molecular flexibility index (Phi) is 16.4. The molecule has 0 saturated carbocycles. The third-order valence-electron chi connectivity index (χ3n) is 13.2. The summed E-state index contributed by atoms with van der Waals surface area (Å²) < 4.78 is 30.7. The number of H-pyrrole nitrogens is 1. The van der Waals surface area contributed by atoms with Crippen LogP contribution in [0, 0.1) is 11.8 Å². The van der Waals surface area contributed by atoms with Gasteiger partial charge in [0.05, 0.1) is 30.9 Å². The molecule has 1 aromatic heterocycles. The third-order valence-corrected chi connectivity index (χ3v) is 17.7. The van der Waals surface area contributed by atoms with E-state index in [1.165, 1.54) is 6.07 Å². The molecule has 4 atom stereocenters. The van der Waals surface area contributed by atoms with E-state index in [1.54, 1.807) is 29.2 Å². The van der Waals surface area contributed by atoms with Gasteiger partial charge in [-0.15, -0.1) is 0 Å². The second-order valence-electron chi connectivity index (χ2n) is 20.8. The highest BCUT2D eigenvalue weighted by Gasteiger charge is 2.45. The molecule has 7 rings (SSSR count). The fourth-order valence-electron chi connectivity index (χ4n) is 8.59. The van der Waals surface area contributed by atoms with Crippen LogP contribution in [0.4, 0.5) is 9.59 Å². The zero-order chi connectivity index (χ0) is 50.2. The molecule has 5 aromatic rings. The maximum atomic E-state index is 13.7. The van der Waals surface area contributed by atoms with E-state index in [1.807, 2.05) is 93.6 Å². The summed E-state index contributed by atoms with van der Waals surface area (Å²) in [6.07, 6.45) is -1.02. The normalized spacial score (nSPS) is 18.1. The quantitative estimate of drug-likeness (QED) is 0.0442. The van der Waals surface area contributed by atoms with Gasteiger partial charge < -0.3 is 54.3 Å². The molecule has 70 heavy (non-hydrogen) atoms. The first-order chi connectivity index (χ1) is 33.2. The monoisotopic (exact) mass is 975 g/mol. The Bertz CT molecular complexity index is 2630. The number of likely N-dealkylation sites (tertiary alicyclic amines) is 1. The average Bonchev–Trinajstić information content (AvgIpc) is 3.30. The van der Waals surface area contributed by atoms with Gasteiger partial charge in [0, 0.05) is 55.0 Å². The van der Waals surface area contributed by atoms with Gasteiger partial charge in [-0.2, -0.15) is 0 Å². The standard InChI is InChI=1S/C54H69N5O10Si/c1-53(2,3)68-52(64)59-30-39-33-65-34-40(31-59)49(39)67-51(63)58-47(36-14-10-9-11-15-36)38-16-12-17-41(28-38)66-32-35-18-20-37(21-19-35)50(62)56-27-13-26-55-29-45(69-70(7,8)54(4,5)6)42-22-24-44(60)48-43(42)23-25-46(61)57-48/h9-12,14-25,28,39-40,45,47,49,55,60H,13,26-27,29-34H2,1-8H3,(H,56,62)(H,57,61)(H,58,63)/t39?,40?,45-,47?,49?/m0/s1. The molecule has 0 spiro atoms. The Morgan fingerprint density at radius 3 is 2.24 bits per heavy atom. The number of pyridine rings is 1. The smallest absolute Gasteiger partial charge is 0.410 e. The zero-order valence-corrected chi connectivity index (χ0v) is 42.6. The van der Waals surface area contributed by atoms with E-state index in [4.69, 9.17) is 23.4 Å². The Morgan fingerprint density at radius 1 is 0.857 bits per heavy atom. The summed E-state index contributed by atoms with van der Waals surface area (Å²) in [5, 5.41) is 20.8. The highest BCUT2D eigenvalue weighted by atomic mass is 28.4. The van der Waals surface area contributed by atoms with Crippen LogP contribution in [0.2, 0.25) is 18.1 Å². The highest BCUT2D eigenvalue weighted by Crippen LogP contribution is 2.41. The van der Waals surface area contributed by atoms with E-state index in [0.29, 0.717) is 69.2 Å². The Labute approximate surface area is 411 Å². The fourth-order valence-corrected chi connectivity index (χ4v) is 9.86. The van der Waals surface area contributed by atoms with Crippen molar-refractivity contribution in [2.24, 2.45) is 11.8 Å². The molecule has 0 radical (unpaired) electrons. The van der Waals surface area contributed by atoms with E-state index < -0.39 is 32.2 Å². The SMILES string of the molecule is CC(C)(C)OC(=O)N1CC2COCC(C1)C2OC(=O)NC(c1ccccc1)c1cccc(OCc2ccc(C(=O)NCCCNC[C@H](O[Si](C)(C)C(C)(C)C)c3ccc(O)c4[nH]c(=O)ccc34)cc2)c1. The number of hydrogen-bond acceptors (Lipinski definition) is 11. The topological polar surface area (TPSA) is 190 Å². The number of hydrogen-bond donors (Lipinski definition) is 5. The molecule has 5 N–H and O–H groups in total. The number of rotatable bonds is 17. The number of carbonyl (C=O) groups is 3. The van der Waals surface area contributed by atoms with Gasteiger partial charge in [-0.1, -0.05) is 81.4 Å². The van der Waals surface area contributed by atoms with Crippen molar-refractivity contribution >= 4 is 37.3 Å². The Hall–Kier alpha value is -6.20. The minimum atomic E-state index is -2.23. The molecule has 3 heterocycles. The number of fused-ring (bicyclic) bond motifs is 3. The second kappa shape index (κ2) is 22.3. The van der Waals surface area contributed by atoms with Crippen molar-refractivity contribution in [2.45, 2.75) is 96.6 Å². The summed E-state index contributed by atoms with van der Waals surface area (Å²) in [6.45, 7) is 19.8. The van der Waals surface area contributed by atoms with E-state index in [0.717, 1.165) is 27.6 Å². The van der Waals surface area contributed by atoms with Crippen LogP contribution in [-0.2, 0) is 25.2 Å². The minimum Gasteiger partial charge on any atom is -0.506 e. The van der Waals surface area contributed by atoms with Crippen molar-refractivity contribution in [3.8, 4) is 11.5 Å². The third kappa shape index (κ3) is 13.4. The summed E-state index contributed by atoms with van der Waals surface area (Å²) >= 11 is 0. The lowest BCUT2D eigenvalue weighted by Gasteiger charge is -2.46. The van der Waals surface area contributed by atoms with E-state index in [-0.39, 0.29) is 52.9 Å². The minimum absolute atomic E-state index is 0.00646. The first-order valence-electron chi connectivity index (χ1n) is 24.2. The largest absolute Gasteiger partial charge is 0.506 e. The molecular formula is C54H69N5O10Si. The Morgan fingerprint density at radius 2 is 1.56 bits per heavy atom. The van der Waals surface area contributed by atoms with Gasteiger partial charge in [-0.3, -0.25) is 9.59 Å². The molecule has 3 unspecified atom stereocenters. The molecule has 374 valence electrons. The summed E-state index contributed by atoms with van der Waals surface area (Å²) in [7, 11) is -2.23. The van der Waals surface area contributed by atoms with Crippen LogP contribution >= 0.6 is 0 Å². The number of amides is 3. The van der Waals surface area contributed by atoms with Crippen LogP contribution in [0.5, 0.6) is 11.5 Å². The summed E-state index contributed by atoms with van der Waals surface area (Å²) in [6, 6.07) is 30.6. The lowest BCUT2D eigenvalue weighted by atomic mass is 9.85. The number of alkyl carbamates (subject to hydrolysis) is 1. The van der Waals surface area contributed by atoms with Crippen LogP contribution in [0.15, 0.2) is 108 Å². The van der Waals surface area contributed by atoms with Crippen LogP contribution in [0.25, 0.3) is 10.9 Å². The van der Waals surface area contributed by atoms with Crippen LogP contribution < -0.4 is 26.2 Å². The number of phenolic OH excluding ortho intramolecular Hbond substituents is 1. The molecule has 4 aromatic carbocycles. The van der Waals surface area contributed by atoms with Crippen molar-refractivity contribution in [3.63, 3.8) is 0 Å². The van der Waals surface area contributed by atoms with Crippen molar-refractivity contribution in [3.05, 3.63) is 141 Å². The number of aromatic amines is 1. The molecule has 16 heteroatoms. The number of aromatic hydroxyl groups is 1. The fraction of sp³-hybridized carbons (Fsp3) is 0.444. The molecule has 3 amide bonds. The lowest BCUT2D eigenvalue weighted by molar-refractivity contribution is -0.124. The average molecular weight is 976 g/mol. The van der Waals surface area contributed by atoms with E-state index in [9.17, 15) is 24.3 Å². The number of ether oxygens (including phenoxy) is 4. The number of nitrogens with one attached hydrogen (secondary N) is 4. The summed E-state index contributed by atoms with van der Waals surface area (Å²) in [4.78, 5) is 56.3. The second-order valence-corrected chi connectivity index (χ2v) is 25.6. The number of phenols is 1. The molecule has 2 aliphatic heterocycles. The number of aromatic nitrogens is 1. The molecule has 2 saturated heterocycles. The first kappa shape index (κ1) is 51.6. The molecule has 0 aliphatic carbocycles. The van der Waals surface area contributed by atoms with Crippen molar-refractivity contribution < 1.29 is 42.9 Å². The van der Waals surface area contributed by atoms with Gasteiger partial charge >= 0.3 is 12.2 Å².